The Morgan fingerprint density at radius 3 is 2.45 bits per heavy atom. The van der Waals surface area contributed by atoms with Gasteiger partial charge in [-0.15, -0.1) is 0 Å². The van der Waals surface area contributed by atoms with Gasteiger partial charge in [0.25, 0.3) is 0 Å². The van der Waals surface area contributed by atoms with Crippen LogP contribution in [0.5, 0.6) is 0 Å². The minimum absolute atomic E-state index is 0.164. The third kappa shape index (κ3) is 5.17. The molecule has 1 unspecified atom stereocenters. The van der Waals surface area contributed by atoms with E-state index in [1.807, 2.05) is 30.3 Å². The normalized spacial score (nSPS) is 11.7. The van der Waals surface area contributed by atoms with Gasteiger partial charge >= 0.3 is 0 Å². The maximum Gasteiger partial charge on any atom is 0.247 e. The number of anilines is 1. The molecule has 0 saturated carbocycles. The van der Waals surface area contributed by atoms with E-state index in [1.165, 1.54) is 6.92 Å². The number of benzene rings is 2. The van der Waals surface area contributed by atoms with Gasteiger partial charge in [0.1, 0.15) is 34.2 Å². The van der Waals surface area contributed by atoms with Gasteiger partial charge in [-0.1, -0.05) is 41.9 Å². The molecular weight excluding hydrogens is 402 g/mol. The van der Waals surface area contributed by atoms with Crippen molar-refractivity contribution >= 4 is 29.2 Å². The van der Waals surface area contributed by atoms with E-state index in [4.69, 9.17) is 11.6 Å². The van der Waals surface area contributed by atoms with E-state index in [0.717, 1.165) is 23.8 Å². The molecule has 3 aromatic rings. The molecule has 150 valence electrons. The van der Waals surface area contributed by atoms with Gasteiger partial charge in [0.2, 0.25) is 11.8 Å². The number of hydrogen-bond acceptors (Lipinski definition) is 3. The van der Waals surface area contributed by atoms with E-state index in [1.54, 1.807) is 0 Å². The highest BCUT2D eigenvalue weighted by atomic mass is 35.5. The van der Waals surface area contributed by atoms with E-state index in [2.05, 4.69) is 20.8 Å². The molecule has 0 aliphatic carbocycles. The highest BCUT2D eigenvalue weighted by Crippen LogP contribution is 2.31. The van der Waals surface area contributed by atoms with Crippen LogP contribution in [0.25, 0.3) is 11.3 Å². The molecule has 0 bridgehead atoms. The predicted octanol–water partition coefficient (Wildman–Crippen LogP) is 3.69. The zero-order chi connectivity index (χ0) is 21.0. The molecule has 0 fully saturated rings. The molecule has 1 heterocycles. The molecule has 2 amide bonds. The Balaban J connectivity index is 1.61. The van der Waals surface area contributed by atoms with Crippen LogP contribution in [0, 0.1) is 11.6 Å². The maximum atomic E-state index is 13.2. The standard InChI is InChI=1S/C20H17ClF2N4O2/c1-11(24-16(28)9-12-7-14(22)10-15(23)8-12)20(29)25-19-17(21)18(26-27-19)13-5-3-2-4-6-13/h2-8,10-11H,9H2,1H3,(H,24,28)(H2,25,26,27,29). The lowest BCUT2D eigenvalue weighted by atomic mass is 10.1. The molecule has 2 aromatic carbocycles. The summed E-state index contributed by atoms with van der Waals surface area (Å²) < 4.78 is 26.4. The number of nitrogens with one attached hydrogen (secondary N) is 3. The molecule has 0 saturated heterocycles. The third-order valence-electron chi connectivity index (χ3n) is 4.06. The molecule has 0 spiro atoms. The molecule has 6 nitrogen and oxygen atoms in total. The van der Waals surface area contributed by atoms with Crippen molar-refractivity contribution in [3.05, 3.63) is 70.8 Å². The molecule has 29 heavy (non-hydrogen) atoms. The summed E-state index contributed by atoms with van der Waals surface area (Å²) in [5, 5.41) is 12.0. The van der Waals surface area contributed by atoms with Crippen molar-refractivity contribution in [1.82, 2.24) is 15.5 Å². The first kappa shape index (κ1) is 20.5. The molecule has 0 aliphatic rings. The fourth-order valence-electron chi connectivity index (χ4n) is 2.69. The van der Waals surface area contributed by atoms with Crippen LogP contribution in [0.1, 0.15) is 12.5 Å². The van der Waals surface area contributed by atoms with Crippen LogP contribution in [0.2, 0.25) is 5.02 Å². The van der Waals surface area contributed by atoms with Crippen molar-refractivity contribution in [2.45, 2.75) is 19.4 Å². The number of amides is 2. The number of hydrogen-bond donors (Lipinski definition) is 3. The minimum atomic E-state index is -0.916. The van der Waals surface area contributed by atoms with Gasteiger partial charge in [-0.25, -0.2) is 8.78 Å². The second kappa shape index (κ2) is 8.83. The number of aromatic nitrogens is 2. The first-order valence-corrected chi connectivity index (χ1v) is 9.05. The Morgan fingerprint density at radius 1 is 1.14 bits per heavy atom. The second-order valence-electron chi connectivity index (χ2n) is 6.36. The van der Waals surface area contributed by atoms with Gasteiger partial charge in [-0.2, -0.15) is 5.10 Å². The predicted molar refractivity (Wildman–Crippen MR) is 105 cm³/mol. The number of halogens is 3. The Hall–Kier alpha value is -3.26. The lowest BCUT2D eigenvalue weighted by molar-refractivity contribution is -0.125. The van der Waals surface area contributed by atoms with E-state index in [9.17, 15) is 18.4 Å². The molecule has 3 N–H and O–H groups in total. The third-order valence-corrected chi connectivity index (χ3v) is 4.43. The summed E-state index contributed by atoms with van der Waals surface area (Å²) in [4.78, 5) is 24.4. The quantitative estimate of drug-likeness (QED) is 0.570. The Bertz CT molecular complexity index is 1020. The van der Waals surface area contributed by atoms with Crippen LogP contribution in [0.3, 0.4) is 0 Å². The highest BCUT2D eigenvalue weighted by Gasteiger charge is 2.20. The van der Waals surface area contributed by atoms with E-state index in [-0.39, 0.29) is 22.8 Å². The van der Waals surface area contributed by atoms with Gasteiger partial charge in [-0.05, 0) is 24.6 Å². The lowest BCUT2D eigenvalue weighted by Gasteiger charge is -2.13. The zero-order valence-corrected chi connectivity index (χ0v) is 16.1. The van der Waals surface area contributed by atoms with Crippen LogP contribution >= 0.6 is 11.6 Å². The molecule has 1 aromatic heterocycles. The fraction of sp³-hybridized carbons (Fsp3) is 0.150. The molecule has 1 atom stereocenters. The fourth-order valence-corrected chi connectivity index (χ4v) is 2.93. The number of rotatable bonds is 6. The Morgan fingerprint density at radius 2 is 1.79 bits per heavy atom. The van der Waals surface area contributed by atoms with Crippen molar-refractivity contribution in [2.24, 2.45) is 0 Å². The summed E-state index contributed by atoms with van der Waals surface area (Å²) in [5.41, 5.74) is 1.42. The lowest BCUT2D eigenvalue weighted by Crippen LogP contribution is -2.42. The summed E-state index contributed by atoms with van der Waals surface area (Å²) in [6.07, 6.45) is -0.269. The van der Waals surface area contributed by atoms with Crippen LogP contribution in [-0.4, -0.2) is 28.1 Å². The smallest absolute Gasteiger partial charge is 0.247 e. The van der Waals surface area contributed by atoms with Gasteiger partial charge in [0.05, 0.1) is 6.42 Å². The average Bonchev–Trinajstić information content (AvgIpc) is 3.01. The largest absolute Gasteiger partial charge is 0.344 e. The van der Waals surface area contributed by atoms with Gasteiger partial charge in [0, 0.05) is 11.6 Å². The summed E-state index contributed by atoms with van der Waals surface area (Å²) in [5.74, 6) is -2.44. The maximum absolute atomic E-state index is 13.2. The molecule has 0 aliphatic heterocycles. The minimum Gasteiger partial charge on any atom is -0.344 e. The number of nitrogens with zero attached hydrogens (tertiary/aromatic N) is 1. The first-order valence-electron chi connectivity index (χ1n) is 8.68. The average molecular weight is 419 g/mol. The monoisotopic (exact) mass is 418 g/mol. The van der Waals surface area contributed by atoms with Crippen LogP contribution in [0.4, 0.5) is 14.6 Å². The van der Waals surface area contributed by atoms with Gasteiger partial charge in [-0.3, -0.25) is 14.7 Å². The first-order chi connectivity index (χ1) is 13.8. The van der Waals surface area contributed by atoms with Crippen molar-refractivity contribution < 1.29 is 18.4 Å². The Labute approximate surface area is 170 Å². The molecular formula is C20H17ClF2N4O2. The Kier molecular flexibility index (Phi) is 6.23. The summed E-state index contributed by atoms with van der Waals surface area (Å²) in [6, 6.07) is 11.1. The van der Waals surface area contributed by atoms with Gasteiger partial charge in [0.15, 0.2) is 0 Å². The van der Waals surface area contributed by atoms with Crippen molar-refractivity contribution in [3.8, 4) is 11.3 Å². The zero-order valence-electron chi connectivity index (χ0n) is 15.3. The van der Waals surface area contributed by atoms with Crippen LogP contribution in [0.15, 0.2) is 48.5 Å². The summed E-state index contributed by atoms with van der Waals surface area (Å²) >= 11 is 6.28. The van der Waals surface area contributed by atoms with Gasteiger partial charge < -0.3 is 10.6 Å². The summed E-state index contributed by atoms with van der Waals surface area (Å²) in [6.45, 7) is 1.47. The highest BCUT2D eigenvalue weighted by molar-refractivity contribution is 6.36. The van der Waals surface area contributed by atoms with E-state index >= 15 is 0 Å². The van der Waals surface area contributed by atoms with Crippen molar-refractivity contribution in [1.29, 1.82) is 0 Å². The van der Waals surface area contributed by atoms with Crippen molar-refractivity contribution in [2.75, 3.05) is 5.32 Å². The van der Waals surface area contributed by atoms with E-state index in [0.29, 0.717) is 5.69 Å². The number of carbonyl (C=O) groups excluding carboxylic acids is 2. The SMILES string of the molecule is CC(NC(=O)Cc1cc(F)cc(F)c1)C(=O)Nc1[nH]nc(-c2ccccc2)c1Cl. The number of aromatic amines is 1. The molecule has 9 heteroatoms. The topological polar surface area (TPSA) is 86.9 Å². The van der Waals surface area contributed by atoms with Crippen LogP contribution in [-0.2, 0) is 16.0 Å². The summed E-state index contributed by atoms with van der Waals surface area (Å²) in [7, 11) is 0. The van der Waals surface area contributed by atoms with Crippen molar-refractivity contribution in [3.63, 3.8) is 0 Å². The van der Waals surface area contributed by atoms with E-state index < -0.39 is 29.5 Å². The second-order valence-corrected chi connectivity index (χ2v) is 6.74. The molecule has 3 rings (SSSR count). The molecule has 0 radical (unpaired) electrons. The number of H-pyrrole nitrogens is 1. The number of carbonyl (C=O) groups is 2. The van der Waals surface area contributed by atoms with Crippen LogP contribution < -0.4 is 10.6 Å².